The predicted octanol–water partition coefficient (Wildman–Crippen LogP) is 1.92. The molecule has 2 rings (SSSR count). The molecular formula is C18H27ClN4O4. The average molecular weight is 399 g/mol. The van der Waals surface area contributed by atoms with Gasteiger partial charge in [0.05, 0.1) is 12.1 Å². The number of esters is 1. The highest BCUT2D eigenvalue weighted by Gasteiger charge is 2.31. The average Bonchev–Trinajstić information content (AvgIpc) is 2.61. The number of amides is 1. The van der Waals surface area contributed by atoms with Crippen LogP contribution >= 0.6 is 11.6 Å². The fraction of sp³-hybridized carbons (Fsp3) is 0.611. The van der Waals surface area contributed by atoms with Crippen molar-refractivity contribution in [3.8, 4) is 0 Å². The summed E-state index contributed by atoms with van der Waals surface area (Å²) in [5.41, 5.74) is -0.595. The van der Waals surface area contributed by atoms with Crippen LogP contribution in [-0.4, -0.2) is 73.4 Å². The first kappa shape index (κ1) is 21.2. The monoisotopic (exact) mass is 398 g/mol. The van der Waals surface area contributed by atoms with Gasteiger partial charge < -0.3 is 19.7 Å². The summed E-state index contributed by atoms with van der Waals surface area (Å²) >= 11 is 5.88. The second kappa shape index (κ2) is 9.23. The van der Waals surface area contributed by atoms with Crippen LogP contribution in [0.2, 0.25) is 5.02 Å². The first-order valence-corrected chi connectivity index (χ1v) is 9.22. The van der Waals surface area contributed by atoms with Crippen molar-refractivity contribution >= 4 is 29.5 Å². The number of pyridine rings is 1. The van der Waals surface area contributed by atoms with E-state index < -0.39 is 17.7 Å². The lowest BCUT2D eigenvalue weighted by atomic mass is 10.2. The molecule has 0 bridgehead atoms. The highest BCUT2D eigenvalue weighted by atomic mass is 35.5. The molecule has 1 saturated heterocycles. The smallest absolute Gasteiger partial charge is 0.407 e. The molecule has 2 heterocycles. The number of hydrogen-bond donors (Lipinski definition) is 1. The predicted molar refractivity (Wildman–Crippen MR) is 103 cm³/mol. The second-order valence-electron chi connectivity index (χ2n) is 7.28. The van der Waals surface area contributed by atoms with Gasteiger partial charge in [-0.1, -0.05) is 11.6 Å². The van der Waals surface area contributed by atoms with Crippen LogP contribution in [0, 0.1) is 0 Å². The molecule has 1 aromatic rings. The molecule has 150 valence electrons. The Morgan fingerprint density at radius 1 is 1.26 bits per heavy atom. The van der Waals surface area contributed by atoms with Crippen molar-refractivity contribution in [2.45, 2.75) is 32.4 Å². The molecule has 1 N–H and O–H groups in total. The van der Waals surface area contributed by atoms with Crippen molar-refractivity contribution in [2.24, 2.45) is 0 Å². The molecule has 8 nitrogen and oxygen atoms in total. The number of aromatic nitrogens is 1. The lowest BCUT2D eigenvalue weighted by molar-refractivity contribution is -0.146. The van der Waals surface area contributed by atoms with Crippen LogP contribution in [0.3, 0.4) is 0 Å². The standard InChI is InChI=1S/C18H27ClN4O4/c1-18(2,3)27-17(25)21-12-14(16(24)26-4)22-7-9-23(10-8-22)15-6-5-13(19)11-20-15/h5-6,11,14H,7-10,12H2,1-4H3,(H,21,25)/t14-/m0/s1. The van der Waals surface area contributed by atoms with Crippen LogP contribution in [0.5, 0.6) is 0 Å². The van der Waals surface area contributed by atoms with Gasteiger partial charge in [0.15, 0.2) is 0 Å². The van der Waals surface area contributed by atoms with Crippen molar-refractivity contribution < 1.29 is 19.1 Å². The summed E-state index contributed by atoms with van der Waals surface area (Å²) in [5.74, 6) is 0.463. The molecule has 9 heteroatoms. The number of anilines is 1. The fourth-order valence-electron chi connectivity index (χ4n) is 2.81. The third-order valence-corrected chi connectivity index (χ3v) is 4.33. The number of halogens is 1. The minimum absolute atomic E-state index is 0.126. The van der Waals surface area contributed by atoms with Crippen molar-refractivity contribution in [1.82, 2.24) is 15.2 Å². The van der Waals surface area contributed by atoms with E-state index in [4.69, 9.17) is 21.1 Å². The summed E-state index contributed by atoms with van der Waals surface area (Å²) in [6.07, 6.45) is 1.06. The van der Waals surface area contributed by atoms with Crippen LogP contribution in [0.25, 0.3) is 0 Å². The van der Waals surface area contributed by atoms with Gasteiger partial charge in [-0.3, -0.25) is 9.69 Å². The van der Waals surface area contributed by atoms with E-state index in [-0.39, 0.29) is 12.5 Å². The first-order valence-electron chi connectivity index (χ1n) is 8.85. The zero-order chi connectivity index (χ0) is 20.0. The first-order chi connectivity index (χ1) is 12.7. The molecule has 27 heavy (non-hydrogen) atoms. The maximum absolute atomic E-state index is 12.2. The van der Waals surface area contributed by atoms with E-state index in [0.717, 1.165) is 5.82 Å². The summed E-state index contributed by atoms with van der Waals surface area (Å²) in [7, 11) is 1.34. The number of carbonyl (C=O) groups excluding carboxylic acids is 2. The number of methoxy groups -OCH3 is 1. The van der Waals surface area contributed by atoms with Crippen molar-refractivity contribution in [3.05, 3.63) is 23.4 Å². The van der Waals surface area contributed by atoms with Gasteiger partial charge in [0.1, 0.15) is 17.5 Å². The molecule has 0 radical (unpaired) electrons. The Morgan fingerprint density at radius 2 is 1.93 bits per heavy atom. The zero-order valence-electron chi connectivity index (χ0n) is 16.2. The van der Waals surface area contributed by atoms with Crippen LogP contribution in [0.15, 0.2) is 18.3 Å². The number of carbonyl (C=O) groups is 2. The highest BCUT2D eigenvalue weighted by molar-refractivity contribution is 6.30. The number of piperazine rings is 1. The zero-order valence-corrected chi connectivity index (χ0v) is 17.0. The third kappa shape index (κ3) is 6.55. The summed E-state index contributed by atoms with van der Waals surface area (Å²) in [4.78, 5) is 32.5. The molecule has 1 aliphatic heterocycles. The molecule has 1 aromatic heterocycles. The maximum atomic E-state index is 12.2. The lowest BCUT2D eigenvalue weighted by Gasteiger charge is -2.38. The van der Waals surface area contributed by atoms with E-state index in [1.165, 1.54) is 7.11 Å². The van der Waals surface area contributed by atoms with Gasteiger partial charge in [0, 0.05) is 38.9 Å². The van der Waals surface area contributed by atoms with Gasteiger partial charge in [-0.05, 0) is 32.9 Å². The summed E-state index contributed by atoms with van der Waals surface area (Å²) in [5, 5.41) is 3.25. The minimum Gasteiger partial charge on any atom is -0.468 e. The number of hydrogen-bond acceptors (Lipinski definition) is 7. The molecule has 1 atom stereocenters. The normalized spacial score (nSPS) is 16.6. The number of nitrogens with one attached hydrogen (secondary N) is 1. The molecule has 0 spiro atoms. The van der Waals surface area contributed by atoms with Crippen molar-refractivity contribution in [1.29, 1.82) is 0 Å². The van der Waals surface area contributed by atoms with Gasteiger partial charge in [0.25, 0.3) is 0 Å². The van der Waals surface area contributed by atoms with Gasteiger partial charge in [-0.15, -0.1) is 0 Å². The number of nitrogens with zero attached hydrogens (tertiary/aromatic N) is 3. The van der Waals surface area contributed by atoms with E-state index >= 15 is 0 Å². The van der Waals surface area contributed by atoms with E-state index in [2.05, 4.69) is 15.2 Å². The third-order valence-electron chi connectivity index (χ3n) is 4.10. The Bertz CT molecular complexity index is 640. The molecule has 1 aliphatic rings. The van der Waals surface area contributed by atoms with E-state index in [1.54, 1.807) is 33.0 Å². The van der Waals surface area contributed by atoms with Gasteiger partial charge >= 0.3 is 12.1 Å². The molecular weight excluding hydrogens is 372 g/mol. The quantitative estimate of drug-likeness (QED) is 0.758. The fourth-order valence-corrected chi connectivity index (χ4v) is 2.92. The molecule has 0 aliphatic carbocycles. The number of alkyl carbamates (subject to hydrolysis) is 1. The van der Waals surface area contributed by atoms with Crippen molar-refractivity contribution in [3.63, 3.8) is 0 Å². The van der Waals surface area contributed by atoms with Crippen LogP contribution in [-0.2, 0) is 14.3 Å². The van der Waals surface area contributed by atoms with E-state index in [1.807, 2.05) is 11.0 Å². The van der Waals surface area contributed by atoms with Crippen LogP contribution < -0.4 is 10.2 Å². The summed E-state index contributed by atoms with van der Waals surface area (Å²) in [6, 6.07) is 3.11. The number of rotatable bonds is 5. The molecule has 1 amide bonds. The molecule has 0 unspecified atom stereocenters. The van der Waals surface area contributed by atoms with Crippen molar-refractivity contribution in [2.75, 3.05) is 44.7 Å². The molecule has 1 fully saturated rings. The minimum atomic E-state index is -0.595. The molecule has 0 aromatic carbocycles. The molecule has 0 saturated carbocycles. The summed E-state index contributed by atoms with van der Waals surface area (Å²) < 4.78 is 10.1. The summed E-state index contributed by atoms with van der Waals surface area (Å²) in [6.45, 7) is 8.17. The number of ether oxygens (including phenoxy) is 2. The van der Waals surface area contributed by atoms with Crippen LogP contribution in [0.1, 0.15) is 20.8 Å². The largest absolute Gasteiger partial charge is 0.468 e. The Kier molecular flexibility index (Phi) is 7.26. The topological polar surface area (TPSA) is 84.0 Å². The Labute approximate surface area is 164 Å². The van der Waals surface area contributed by atoms with E-state index in [0.29, 0.717) is 31.2 Å². The van der Waals surface area contributed by atoms with Gasteiger partial charge in [-0.25, -0.2) is 9.78 Å². The van der Waals surface area contributed by atoms with Gasteiger partial charge in [-0.2, -0.15) is 0 Å². The maximum Gasteiger partial charge on any atom is 0.407 e. The SMILES string of the molecule is COC(=O)[C@H](CNC(=O)OC(C)(C)C)N1CCN(c2ccc(Cl)cn2)CC1. The van der Waals surface area contributed by atoms with Gasteiger partial charge in [0.2, 0.25) is 0 Å². The second-order valence-corrected chi connectivity index (χ2v) is 7.72. The Balaban J connectivity index is 1.92. The Hall–Kier alpha value is -2.06. The Morgan fingerprint density at radius 3 is 2.44 bits per heavy atom. The van der Waals surface area contributed by atoms with E-state index in [9.17, 15) is 9.59 Å². The highest BCUT2D eigenvalue weighted by Crippen LogP contribution is 2.17. The lowest BCUT2D eigenvalue weighted by Crippen LogP contribution is -2.56. The van der Waals surface area contributed by atoms with Crippen LogP contribution in [0.4, 0.5) is 10.6 Å².